The molecule has 0 spiro atoms. The van der Waals surface area contributed by atoms with E-state index in [0.717, 1.165) is 5.01 Å². The van der Waals surface area contributed by atoms with Crippen molar-refractivity contribution in [2.24, 2.45) is 0 Å². The van der Waals surface area contributed by atoms with Crippen molar-refractivity contribution < 1.29 is 19.4 Å². The Hall–Kier alpha value is -0.980. The lowest BCUT2D eigenvalue weighted by Gasteiger charge is -2.00. The maximum atomic E-state index is 10.9. The van der Waals surface area contributed by atoms with E-state index in [1.54, 1.807) is 7.11 Å². The van der Waals surface area contributed by atoms with E-state index in [4.69, 9.17) is 14.6 Å². The van der Waals surface area contributed by atoms with Gasteiger partial charge in [-0.1, -0.05) is 6.92 Å². The number of hydrogen-bond donors (Lipinski definition) is 1. The number of hydrogen-bond acceptors (Lipinski definition) is 5. The fraction of sp³-hybridized carbons (Fsp3) is 0.636. The molecule has 0 aliphatic rings. The van der Waals surface area contributed by atoms with Gasteiger partial charge in [-0.2, -0.15) is 0 Å². The van der Waals surface area contributed by atoms with Crippen molar-refractivity contribution in [2.75, 3.05) is 26.9 Å². The first kappa shape index (κ1) is 14.1. The highest BCUT2D eigenvalue weighted by Gasteiger charge is 2.15. The Morgan fingerprint density at radius 1 is 1.41 bits per heavy atom. The van der Waals surface area contributed by atoms with Crippen molar-refractivity contribution in [3.63, 3.8) is 0 Å². The molecule has 0 saturated heterocycles. The number of aromatic carboxylic acids is 1. The summed E-state index contributed by atoms with van der Waals surface area (Å²) < 4.78 is 10.2. The predicted octanol–water partition coefficient (Wildman–Crippen LogP) is 1.61. The van der Waals surface area contributed by atoms with E-state index in [9.17, 15) is 4.79 Å². The van der Waals surface area contributed by atoms with Gasteiger partial charge in [0.1, 0.15) is 4.88 Å². The van der Waals surface area contributed by atoms with Crippen LogP contribution in [0, 0.1) is 0 Å². The number of thiazole rings is 1. The number of methoxy groups -OCH3 is 1. The third-order valence-corrected chi connectivity index (χ3v) is 3.31. The molecule has 0 amide bonds. The average Bonchev–Trinajstić information content (AvgIpc) is 2.72. The minimum atomic E-state index is -0.897. The first-order valence-electron chi connectivity index (χ1n) is 5.47. The largest absolute Gasteiger partial charge is 0.477 e. The fourth-order valence-electron chi connectivity index (χ4n) is 1.32. The van der Waals surface area contributed by atoms with Gasteiger partial charge >= 0.3 is 5.97 Å². The highest BCUT2D eigenvalue weighted by molar-refractivity contribution is 7.13. The molecule has 0 unspecified atom stereocenters. The first-order chi connectivity index (χ1) is 8.19. The molecule has 1 aromatic heterocycles. The van der Waals surface area contributed by atoms with E-state index >= 15 is 0 Å². The second-order valence-electron chi connectivity index (χ2n) is 3.40. The Bertz CT molecular complexity index is 364. The smallest absolute Gasteiger partial charge is 0.347 e. The lowest BCUT2D eigenvalue weighted by Crippen LogP contribution is -2.04. The highest BCUT2D eigenvalue weighted by Crippen LogP contribution is 2.19. The highest BCUT2D eigenvalue weighted by atomic mass is 32.1. The van der Waals surface area contributed by atoms with Crippen molar-refractivity contribution in [3.8, 4) is 0 Å². The Morgan fingerprint density at radius 2 is 2.18 bits per heavy atom. The summed E-state index contributed by atoms with van der Waals surface area (Å²) in [5.74, 6) is -0.897. The van der Waals surface area contributed by atoms with E-state index < -0.39 is 5.97 Å². The summed E-state index contributed by atoms with van der Waals surface area (Å²) in [5, 5.41) is 9.79. The van der Waals surface area contributed by atoms with Crippen LogP contribution in [0.2, 0.25) is 0 Å². The molecule has 1 rings (SSSR count). The number of aromatic nitrogens is 1. The van der Waals surface area contributed by atoms with Crippen LogP contribution in [0.4, 0.5) is 0 Å². The molecule has 1 N–H and O–H groups in total. The van der Waals surface area contributed by atoms with Crippen LogP contribution in [0.3, 0.4) is 0 Å². The fourth-order valence-corrected chi connectivity index (χ4v) is 2.29. The van der Waals surface area contributed by atoms with Gasteiger partial charge in [0.2, 0.25) is 0 Å². The lowest BCUT2D eigenvalue weighted by molar-refractivity contribution is 0.0700. The molecule has 1 aromatic rings. The Morgan fingerprint density at radius 3 is 2.71 bits per heavy atom. The zero-order chi connectivity index (χ0) is 12.7. The predicted molar refractivity (Wildman–Crippen MR) is 64.9 cm³/mol. The molecular formula is C11H17NO4S. The van der Waals surface area contributed by atoms with Gasteiger partial charge in [0, 0.05) is 13.5 Å². The second-order valence-corrected chi connectivity index (χ2v) is 4.48. The lowest BCUT2D eigenvalue weighted by atomic mass is 10.3. The molecule has 0 radical (unpaired) electrons. The molecule has 17 heavy (non-hydrogen) atoms. The summed E-state index contributed by atoms with van der Waals surface area (Å²) in [6, 6.07) is 0. The van der Waals surface area contributed by atoms with E-state index in [-0.39, 0.29) is 0 Å². The molecule has 0 atom stereocenters. The van der Waals surface area contributed by atoms with Crippen LogP contribution in [0.15, 0.2) is 0 Å². The summed E-state index contributed by atoms with van der Waals surface area (Å²) in [4.78, 5) is 15.6. The average molecular weight is 259 g/mol. The Labute approximate surface area is 104 Å². The number of carboxylic acids is 1. The summed E-state index contributed by atoms with van der Waals surface area (Å²) >= 11 is 1.23. The molecule has 0 aromatic carbocycles. The molecule has 0 aliphatic carbocycles. The van der Waals surface area contributed by atoms with Gasteiger partial charge in [-0.05, 0) is 6.42 Å². The monoisotopic (exact) mass is 259 g/mol. The number of carbonyl (C=O) groups is 1. The van der Waals surface area contributed by atoms with Gasteiger partial charge in [-0.15, -0.1) is 11.3 Å². The molecule has 0 saturated carbocycles. The van der Waals surface area contributed by atoms with Gasteiger partial charge < -0.3 is 14.6 Å². The van der Waals surface area contributed by atoms with Crippen molar-refractivity contribution >= 4 is 17.3 Å². The van der Waals surface area contributed by atoms with Crippen molar-refractivity contribution in [3.05, 3.63) is 15.6 Å². The second kappa shape index (κ2) is 7.37. The maximum Gasteiger partial charge on any atom is 0.347 e. The maximum absolute atomic E-state index is 10.9. The molecule has 1 heterocycles. The molecular weight excluding hydrogens is 242 g/mol. The number of ether oxygens (including phenoxy) is 2. The zero-order valence-corrected chi connectivity index (χ0v) is 10.9. The van der Waals surface area contributed by atoms with Crippen molar-refractivity contribution in [1.82, 2.24) is 4.98 Å². The third kappa shape index (κ3) is 4.41. The number of carboxylic acid groups (broad SMARTS) is 1. The topological polar surface area (TPSA) is 68.7 Å². The number of rotatable bonds is 8. The van der Waals surface area contributed by atoms with Crippen LogP contribution in [-0.4, -0.2) is 43.0 Å². The Kier molecular flexibility index (Phi) is 6.10. The standard InChI is InChI=1S/C11H17NO4S/c1-3-8-10(11(13)14)17-9(12-8)4-5-16-7-6-15-2/h3-7H2,1-2H3,(H,13,14). The molecule has 6 heteroatoms. The van der Waals surface area contributed by atoms with E-state index in [2.05, 4.69) is 4.98 Å². The first-order valence-corrected chi connectivity index (χ1v) is 6.29. The van der Waals surface area contributed by atoms with Gasteiger partial charge in [0.15, 0.2) is 0 Å². The van der Waals surface area contributed by atoms with E-state index in [0.29, 0.717) is 43.2 Å². The van der Waals surface area contributed by atoms with Crippen molar-refractivity contribution in [2.45, 2.75) is 19.8 Å². The van der Waals surface area contributed by atoms with Gasteiger partial charge in [-0.3, -0.25) is 0 Å². The summed E-state index contributed by atoms with van der Waals surface area (Å²) in [5.41, 5.74) is 0.661. The van der Waals surface area contributed by atoms with E-state index in [1.807, 2.05) is 6.92 Å². The SMILES string of the molecule is CCc1nc(CCOCCOC)sc1C(=O)O. The molecule has 0 bridgehead atoms. The van der Waals surface area contributed by atoms with E-state index in [1.165, 1.54) is 11.3 Å². The number of aryl methyl sites for hydroxylation is 1. The van der Waals surface area contributed by atoms with Crippen LogP contribution < -0.4 is 0 Å². The Balaban J connectivity index is 2.46. The van der Waals surface area contributed by atoms with Crippen LogP contribution in [0.1, 0.15) is 27.3 Å². The van der Waals surface area contributed by atoms with Crippen LogP contribution in [0.25, 0.3) is 0 Å². The minimum Gasteiger partial charge on any atom is -0.477 e. The zero-order valence-electron chi connectivity index (χ0n) is 10.1. The molecule has 5 nitrogen and oxygen atoms in total. The summed E-state index contributed by atoms with van der Waals surface area (Å²) in [7, 11) is 1.62. The third-order valence-electron chi connectivity index (χ3n) is 2.16. The van der Waals surface area contributed by atoms with Crippen LogP contribution in [0.5, 0.6) is 0 Å². The molecule has 0 fully saturated rings. The van der Waals surface area contributed by atoms with Gasteiger partial charge in [0.05, 0.1) is 30.5 Å². The van der Waals surface area contributed by atoms with Crippen LogP contribution >= 0.6 is 11.3 Å². The van der Waals surface area contributed by atoms with Crippen LogP contribution in [-0.2, 0) is 22.3 Å². The summed E-state index contributed by atoms with van der Waals surface area (Å²) in [6.45, 7) is 3.56. The van der Waals surface area contributed by atoms with Gasteiger partial charge in [0.25, 0.3) is 0 Å². The molecule has 96 valence electrons. The van der Waals surface area contributed by atoms with Crippen molar-refractivity contribution in [1.29, 1.82) is 0 Å². The number of nitrogens with zero attached hydrogens (tertiary/aromatic N) is 1. The summed E-state index contributed by atoms with van der Waals surface area (Å²) in [6.07, 6.45) is 1.29. The minimum absolute atomic E-state index is 0.347. The quantitative estimate of drug-likeness (QED) is 0.718. The molecule has 0 aliphatic heterocycles. The van der Waals surface area contributed by atoms with Gasteiger partial charge in [-0.25, -0.2) is 9.78 Å². The normalized spacial score (nSPS) is 10.7.